The maximum absolute atomic E-state index is 12.2. The van der Waals surface area contributed by atoms with Crippen molar-refractivity contribution in [2.45, 2.75) is 55.1 Å². The van der Waals surface area contributed by atoms with E-state index in [1.165, 1.54) is 0 Å². The molecule has 1 saturated carbocycles. The number of hydrogen-bond acceptors (Lipinski definition) is 4. The molecule has 0 radical (unpaired) electrons. The Balaban J connectivity index is 1.75. The smallest absolute Gasteiger partial charge is 0.181 e. The molecule has 1 heterocycles. The number of carbonyl (C=O) groups excluding carboxylic acids is 1. The molecule has 23 heavy (non-hydrogen) atoms. The van der Waals surface area contributed by atoms with Crippen LogP contribution in [-0.4, -0.2) is 32.7 Å². The summed E-state index contributed by atoms with van der Waals surface area (Å²) in [5.41, 5.74) is 0.929. The Bertz CT molecular complexity index is 653. The van der Waals surface area contributed by atoms with E-state index in [0.29, 0.717) is 10.8 Å². The van der Waals surface area contributed by atoms with Crippen LogP contribution in [0.25, 0.3) is 0 Å². The van der Waals surface area contributed by atoms with Gasteiger partial charge in [0.15, 0.2) is 9.84 Å². The van der Waals surface area contributed by atoms with Gasteiger partial charge in [-0.2, -0.15) is 0 Å². The van der Waals surface area contributed by atoms with Gasteiger partial charge in [0.25, 0.3) is 0 Å². The highest BCUT2D eigenvalue weighted by molar-refractivity contribution is 7.92. The van der Waals surface area contributed by atoms with Crippen LogP contribution in [0, 0.1) is 5.92 Å². The second kappa shape index (κ2) is 6.73. The first-order valence-corrected chi connectivity index (χ1v) is 9.95. The summed E-state index contributed by atoms with van der Waals surface area (Å²) in [4.78, 5) is 12.5. The van der Waals surface area contributed by atoms with Crippen LogP contribution in [0.15, 0.2) is 29.2 Å². The van der Waals surface area contributed by atoms with Crippen LogP contribution in [0.5, 0.6) is 0 Å². The van der Waals surface area contributed by atoms with Gasteiger partial charge in [0.2, 0.25) is 0 Å². The number of rotatable bonds is 6. The summed E-state index contributed by atoms with van der Waals surface area (Å²) in [6, 6.07) is 6.98. The molecule has 2 aliphatic rings. The van der Waals surface area contributed by atoms with E-state index in [4.69, 9.17) is 4.74 Å². The predicted octanol–water partition coefficient (Wildman–Crippen LogP) is 3.11. The Morgan fingerprint density at radius 2 is 1.74 bits per heavy atom. The summed E-state index contributed by atoms with van der Waals surface area (Å²) < 4.78 is 29.9. The predicted molar refractivity (Wildman–Crippen MR) is 88.2 cm³/mol. The summed E-state index contributed by atoms with van der Waals surface area (Å²) in [6.45, 7) is 3.17. The van der Waals surface area contributed by atoms with Gasteiger partial charge in [-0.15, -0.1) is 0 Å². The topological polar surface area (TPSA) is 60.4 Å². The first kappa shape index (κ1) is 16.7. The lowest BCUT2D eigenvalue weighted by molar-refractivity contribution is -0.119. The van der Waals surface area contributed by atoms with Gasteiger partial charge in [-0.25, -0.2) is 8.42 Å². The highest BCUT2D eigenvalue weighted by atomic mass is 32.2. The van der Waals surface area contributed by atoms with E-state index < -0.39 is 9.84 Å². The lowest BCUT2D eigenvalue weighted by atomic mass is 9.83. The van der Waals surface area contributed by atoms with E-state index in [-0.39, 0.29) is 17.0 Å². The number of carbonyl (C=O) groups is 1. The van der Waals surface area contributed by atoms with Crippen molar-refractivity contribution in [1.82, 2.24) is 0 Å². The quantitative estimate of drug-likeness (QED) is 0.801. The normalized spacial score (nSPS) is 21.1. The standard InChI is InChI=1S/C18H24O4S/c1-13(19)18(12-14-8-10-22-11-9-14)15-2-4-16(5-3-15)23(20,21)17-6-7-17/h2-5,14,17-18H,6-12H2,1H3/t18-/m0/s1. The molecule has 0 aromatic heterocycles. The van der Waals surface area contributed by atoms with E-state index in [1.807, 2.05) is 12.1 Å². The molecule has 0 unspecified atom stereocenters. The van der Waals surface area contributed by atoms with Gasteiger partial charge in [0.05, 0.1) is 10.1 Å². The molecule has 5 heteroatoms. The minimum Gasteiger partial charge on any atom is -0.381 e. The zero-order valence-corrected chi connectivity index (χ0v) is 14.3. The third kappa shape index (κ3) is 3.83. The molecule has 1 aromatic rings. The fourth-order valence-corrected chi connectivity index (χ4v) is 4.97. The molecule has 1 atom stereocenters. The van der Waals surface area contributed by atoms with Crippen molar-refractivity contribution in [3.63, 3.8) is 0 Å². The third-order valence-corrected chi connectivity index (χ3v) is 7.25. The molecule has 0 amide bonds. The zero-order chi connectivity index (χ0) is 16.4. The Kier molecular flexibility index (Phi) is 4.87. The van der Waals surface area contributed by atoms with Crippen LogP contribution in [0.2, 0.25) is 0 Å². The molecule has 3 rings (SSSR count). The zero-order valence-electron chi connectivity index (χ0n) is 13.5. The molecular formula is C18H24O4S. The number of Topliss-reactive ketones (excluding diaryl/α,β-unsaturated/α-hetero) is 1. The Morgan fingerprint density at radius 1 is 1.13 bits per heavy atom. The van der Waals surface area contributed by atoms with Gasteiger partial charge in [-0.05, 0) is 62.6 Å². The highest BCUT2D eigenvalue weighted by Gasteiger charge is 2.36. The Morgan fingerprint density at radius 3 is 2.26 bits per heavy atom. The summed E-state index contributed by atoms with van der Waals surface area (Å²) in [7, 11) is -3.16. The molecule has 0 bridgehead atoms. The van der Waals surface area contributed by atoms with E-state index in [0.717, 1.165) is 50.9 Å². The van der Waals surface area contributed by atoms with Crippen molar-refractivity contribution in [2.75, 3.05) is 13.2 Å². The lowest BCUT2D eigenvalue weighted by Gasteiger charge is -2.25. The minimum absolute atomic E-state index is 0.143. The van der Waals surface area contributed by atoms with Gasteiger partial charge < -0.3 is 4.74 Å². The molecule has 1 aliphatic carbocycles. The lowest BCUT2D eigenvalue weighted by Crippen LogP contribution is -2.21. The van der Waals surface area contributed by atoms with Crippen molar-refractivity contribution in [3.05, 3.63) is 29.8 Å². The maximum Gasteiger partial charge on any atom is 0.181 e. The van der Waals surface area contributed by atoms with Crippen molar-refractivity contribution in [2.24, 2.45) is 5.92 Å². The molecule has 4 nitrogen and oxygen atoms in total. The fraction of sp³-hybridized carbons (Fsp3) is 0.611. The number of hydrogen-bond donors (Lipinski definition) is 0. The molecule has 1 aromatic carbocycles. The fourth-order valence-electron chi connectivity index (χ4n) is 3.31. The van der Waals surface area contributed by atoms with Crippen LogP contribution in [0.4, 0.5) is 0 Å². The number of benzene rings is 1. The van der Waals surface area contributed by atoms with Crippen LogP contribution in [0.3, 0.4) is 0 Å². The average molecular weight is 336 g/mol. The van der Waals surface area contributed by atoms with Crippen LogP contribution in [0.1, 0.15) is 50.5 Å². The second-order valence-corrected chi connectivity index (χ2v) is 9.00. The first-order chi connectivity index (χ1) is 11.0. The SMILES string of the molecule is CC(=O)[C@H](CC1CCOCC1)c1ccc(S(=O)(=O)C2CC2)cc1. The summed E-state index contributed by atoms with van der Waals surface area (Å²) in [6.07, 6.45) is 4.36. The highest BCUT2D eigenvalue weighted by Crippen LogP contribution is 2.35. The monoisotopic (exact) mass is 336 g/mol. The van der Waals surface area contributed by atoms with Crippen molar-refractivity contribution in [3.8, 4) is 0 Å². The van der Waals surface area contributed by atoms with Crippen molar-refractivity contribution >= 4 is 15.6 Å². The number of ketones is 1. The van der Waals surface area contributed by atoms with E-state index >= 15 is 0 Å². The van der Waals surface area contributed by atoms with Crippen LogP contribution < -0.4 is 0 Å². The summed E-state index contributed by atoms with van der Waals surface area (Å²) >= 11 is 0. The minimum atomic E-state index is -3.16. The second-order valence-electron chi connectivity index (χ2n) is 6.77. The van der Waals surface area contributed by atoms with Crippen molar-refractivity contribution < 1.29 is 17.9 Å². The average Bonchev–Trinajstić information content (AvgIpc) is 3.39. The Labute approximate surface area is 138 Å². The third-order valence-electron chi connectivity index (χ3n) is 4.97. The molecular weight excluding hydrogens is 312 g/mol. The maximum atomic E-state index is 12.2. The molecule has 1 aliphatic heterocycles. The molecule has 1 saturated heterocycles. The van der Waals surface area contributed by atoms with Crippen LogP contribution in [-0.2, 0) is 19.4 Å². The summed E-state index contributed by atoms with van der Waals surface area (Å²) in [5, 5.41) is -0.195. The number of ether oxygens (including phenoxy) is 1. The van der Waals surface area contributed by atoms with Gasteiger partial charge in [-0.3, -0.25) is 4.79 Å². The molecule has 0 N–H and O–H groups in total. The molecule has 2 fully saturated rings. The molecule has 126 valence electrons. The molecule has 0 spiro atoms. The first-order valence-electron chi connectivity index (χ1n) is 8.40. The van der Waals surface area contributed by atoms with Crippen LogP contribution >= 0.6 is 0 Å². The van der Waals surface area contributed by atoms with Gasteiger partial charge in [0, 0.05) is 19.1 Å². The number of sulfone groups is 1. The summed E-state index contributed by atoms with van der Waals surface area (Å²) in [5.74, 6) is 0.512. The van der Waals surface area contributed by atoms with E-state index in [1.54, 1.807) is 19.1 Å². The van der Waals surface area contributed by atoms with E-state index in [9.17, 15) is 13.2 Å². The van der Waals surface area contributed by atoms with Gasteiger partial charge in [0.1, 0.15) is 5.78 Å². The van der Waals surface area contributed by atoms with Gasteiger partial charge >= 0.3 is 0 Å². The van der Waals surface area contributed by atoms with E-state index in [2.05, 4.69) is 0 Å². The van der Waals surface area contributed by atoms with Gasteiger partial charge in [-0.1, -0.05) is 12.1 Å². The Hall–Kier alpha value is -1.20. The largest absolute Gasteiger partial charge is 0.381 e. The van der Waals surface area contributed by atoms with Crippen molar-refractivity contribution in [1.29, 1.82) is 0 Å².